The quantitative estimate of drug-likeness (QED) is 0.439. The fourth-order valence-electron chi connectivity index (χ4n) is 1.72. The van der Waals surface area contributed by atoms with Crippen molar-refractivity contribution in [1.29, 1.82) is 0 Å². The van der Waals surface area contributed by atoms with Gasteiger partial charge in [0.1, 0.15) is 14.0 Å². The molecule has 1 saturated heterocycles. The van der Waals surface area contributed by atoms with Crippen LogP contribution in [0.1, 0.15) is 13.8 Å². The van der Waals surface area contributed by atoms with E-state index in [1.165, 1.54) is 6.92 Å². The van der Waals surface area contributed by atoms with Crippen LogP contribution in [0.4, 0.5) is 0 Å². The van der Waals surface area contributed by atoms with Gasteiger partial charge in [0.2, 0.25) is 0 Å². The molecule has 13 heavy (non-hydrogen) atoms. The first-order chi connectivity index (χ1) is 6.06. The molecule has 1 fully saturated rings. The smallest absolute Gasteiger partial charge is 0.302 e. The number of aliphatic hydroxyl groups is 1. The molecule has 4 nitrogen and oxygen atoms in total. The van der Waals surface area contributed by atoms with Gasteiger partial charge in [0, 0.05) is 12.8 Å². The molecule has 5 heteroatoms. The van der Waals surface area contributed by atoms with Crippen LogP contribution >= 0.6 is 0 Å². The molecule has 1 aliphatic rings. The van der Waals surface area contributed by atoms with Crippen LogP contribution in [0.2, 0.25) is 0 Å². The third kappa shape index (κ3) is 2.22. The minimum absolute atomic E-state index is 0.0245. The molecule has 0 unspecified atom stereocenters. The third-order valence-corrected chi connectivity index (χ3v) is 2.44. The Hall–Kier alpha value is -0.545. The Balaban J connectivity index is 2.58. The van der Waals surface area contributed by atoms with Crippen LogP contribution in [0.3, 0.4) is 0 Å². The number of rotatable bonds is 2. The van der Waals surface area contributed by atoms with Crippen molar-refractivity contribution in [3.05, 3.63) is 0 Å². The lowest BCUT2D eigenvalue weighted by atomic mass is 9.88. The van der Waals surface area contributed by atoms with Crippen LogP contribution in [0.5, 0.6) is 0 Å². The molecule has 0 saturated carbocycles. The first-order valence-corrected chi connectivity index (χ1v) is 4.49. The molecule has 1 heterocycles. The number of esters is 1. The summed E-state index contributed by atoms with van der Waals surface area (Å²) >= 11 is 0. The molecule has 0 aromatic heterocycles. The van der Waals surface area contributed by atoms with Crippen LogP contribution in [0, 0.1) is 5.92 Å². The molecular weight excluding hydrogens is 171 g/mol. The van der Waals surface area contributed by atoms with Crippen LogP contribution in [-0.2, 0) is 14.3 Å². The zero-order valence-corrected chi connectivity index (χ0v) is 8.19. The van der Waals surface area contributed by atoms with E-state index in [1.807, 2.05) is 14.8 Å². The summed E-state index contributed by atoms with van der Waals surface area (Å²) < 4.78 is 10.5. The van der Waals surface area contributed by atoms with Gasteiger partial charge in [-0.25, -0.2) is 0 Å². The molecule has 1 N–H and O–H groups in total. The fourth-order valence-corrected chi connectivity index (χ4v) is 1.72. The van der Waals surface area contributed by atoms with E-state index in [4.69, 9.17) is 14.6 Å². The monoisotopic (exact) mass is 186 g/mol. The Morgan fingerprint density at radius 1 is 1.69 bits per heavy atom. The van der Waals surface area contributed by atoms with Gasteiger partial charge < -0.3 is 14.6 Å². The van der Waals surface area contributed by atoms with Crippen molar-refractivity contribution in [2.45, 2.75) is 32.1 Å². The number of carbonyl (C=O) groups is 1. The lowest BCUT2D eigenvalue weighted by Gasteiger charge is -2.18. The highest BCUT2D eigenvalue weighted by molar-refractivity contribution is 6.11. The van der Waals surface area contributed by atoms with Gasteiger partial charge in [-0.15, -0.1) is 0 Å². The lowest BCUT2D eigenvalue weighted by Crippen LogP contribution is -2.31. The highest BCUT2D eigenvalue weighted by atomic mass is 16.6. The van der Waals surface area contributed by atoms with Crippen LogP contribution < -0.4 is 0 Å². The van der Waals surface area contributed by atoms with E-state index in [0.717, 1.165) is 0 Å². The highest BCUT2D eigenvalue weighted by Gasteiger charge is 2.40. The average molecular weight is 186 g/mol. The van der Waals surface area contributed by atoms with Crippen molar-refractivity contribution in [2.24, 2.45) is 5.92 Å². The predicted octanol–water partition coefficient (Wildman–Crippen LogP) is -1.10. The summed E-state index contributed by atoms with van der Waals surface area (Å²) in [7, 11) is 1.85. The second kappa shape index (κ2) is 4.11. The number of hydrogen-bond donors (Lipinski definition) is 1. The topological polar surface area (TPSA) is 55.8 Å². The summed E-state index contributed by atoms with van der Waals surface area (Å²) in [4.78, 5) is 10.7. The van der Waals surface area contributed by atoms with E-state index in [0.29, 0.717) is 0 Å². The number of carbonyl (C=O) groups excluding carboxylic acids is 1. The first kappa shape index (κ1) is 10.5. The summed E-state index contributed by atoms with van der Waals surface area (Å²) in [5, 5.41) is 8.94. The Morgan fingerprint density at radius 2 is 2.31 bits per heavy atom. The summed E-state index contributed by atoms with van der Waals surface area (Å²) in [5.74, 6) is -0.241. The van der Waals surface area contributed by atoms with Gasteiger partial charge in [-0.3, -0.25) is 4.79 Å². The lowest BCUT2D eigenvalue weighted by molar-refractivity contribution is -0.148. The second-order valence-electron chi connectivity index (χ2n) is 3.50. The molecule has 4 atom stereocenters. The molecule has 74 valence electrons. The molecule has 0 radical (unpaired) electrons. The Morgan fingerprint density at radius 3 is 2.69 bits per heavy atom. The largest absolute Gasteiger partial charge is 0.460 e. The summed E-state index contributed by atoms with van der Waals surface area (Å²) in [5.41, 5.74) is 0. The minimum Gasteiger partial charge on any atom is -0.460 e. The van der Waals surface area contributed by atoms with Gasteiger partial charge in [-0.1, -0.05) is 6.92 Å². The number of ether oxygens (including phenoxy) is 2. The molecule has 1 aliphatic heterocycles. The van der Waals surface area contributed by atoms with Gasteiger partial charge >= 0.3 is 5.97 Å². The minimum atomic E-state index is -0.300. The summed E-state index contributed by atoms with van der Waals surface area (Å²) in [6.45, 7) is 3.27. The van der Waals surface area contributed by atoms with Crippen molar-refractivity contribution < 1.29 is 19.4 Å². The molecule has 0 spiro atoms. The van der Waals surface area contributed by atoms with Crippen LogP contribution in [0.25, 0.3) is 0 Å². The maximum absolute atomic E-state index is 10.7. The van der Waals surface area contributed by atoms with Gasteiger partial charge in [-0.2, -0.15) is 0 Å². The molecule has 0 aromatic carbocycles. The molecule has 0 aromatic rings. The van der Waals surface area contributed by atoms with E-state index in [9.17, 15) is 4.79 Å². The third-order valence-electron chi connectivity index (χ3n) is 2.44. The van der Waals surface area contributed by atoms with Gasteiger partial charge in [0.05, 0.1) is 18.7 Å². The van der Waals surface area contributed by atoms with E-state index < -0.39 is 0 Å². The summed E-state index contributed by atoms with van der Waals surface area (Å²) in [6.07, 6.45) is -0.436. The van der Waals surface area contributed by atoms with Gasteiger partial charge in [0.25, 0.3) is 0 Å². The molecular formula is C8H15BO4. The van der Waals surface area contributed by atoms with Crippen molar-refractivity contribution in [3.8, 4) is 0 Å². The molecule has 0 amide bonds. The Bertz CT molecular complexity index is 197. The van der Waals surface area contributed by atoms with Crippen LogP contribution in [0.15, 0.2) is 0 Å². The van der Waals surface area contributed by atoms with E-state index in [-0.39, 0.29) is 36.7 Å². The average Bonchev–Trinajstić information content (AvgIpc) is 2.31. The zero-order chi connectivity index (χ0) is 10.0. The normalized spacial score (nSPS) is 39.0. The van der Waals surface area contributed by atoms with E-state index >= 15 is 0 Å². The van der Waals surface area contributed by atoms with E-state index in [1.54, 1.807) is 0 Å². The van der Waals surface area contributed by atoms with Crippen molar-refractivity contribution in [3.63, 3.8) is 0 Å². The second-order valence-corrected chi connectivity index (χ2v) is 3.50. The molecule has 0 aliphatic carbocycles. The van der Waals surface area contributed by atoms with Crippen molar-refractivity contribution in [2.75, 3.05) is 6.61 Å². The standard InChI is InChI=1S/C8H15BO4/c1-4-6(3-10)13-8(9)7(4)12-5(2)11/h4,6-8,10H,3,9H2,1-2H3/t4-,6-,7-,8-/m1/s1. The number of hydrogen-bond acceptors (Lipinski definition) is 4. The molecule has 0 bridgehead atoms. The van der Waals surface area contributed by atoms with Gasteiger partial charge in [-0.05, 0) is 0 Å². The van der Waals surface area contributed by atoms with Crippen molar-refractivity contribution >= 4 is 13.8 Å². The maximum Gasteiger partial charge on any atom is 0.302 e. The van der Waals surface area contributed by atoms with Crippen molar-refractivity contribution in [1.82, 2.24) is 0 Å². The zero-order valence-electron chi connectivity index (χ0n) is 8.19. The fraction of sp³-hybridized carbons (Fsp3) is 0.875. The Kier molecular flexibility index (Phi) is 3.33. The predicted molar refractivity (Wildman–Crippen MR) is 49.0 cm³/mol. The molecule has 1 rings (SSSR count). The van der Waals surface area contributed by atoms with Crippen LogP contribution in [-0.4, -0.2) is 43.7 Å². The maximum atomic E-state index is 10.7. The summed E-state index contributed by atoms with van der Waals surface area (Å²) in [6, 6.07) is -0.129. The Labute approximate surface area is 78.6 Å². The first-order valence-electron chi connectivity index (χ1n) is 4.49. The highest BCUT2D eigenvalue weighted by Crippen LogP contribution is 2.27. The van der Waals surface area contributed by atoms with E-state index in [2.05, 4.69) is 0 Å². The SMILES string of the molecule is B[C@@H]1O[C@H](CO)[C@@H](C)[C@H]1OC(C)=O. The number of aliphatic hydroxyl groups excluding tert-OH is 1. The van der Waals surface area contributed by atoms with Gasteiger partial charge in [0.15, 0.2) is 0 Å².